The molecule has 2 N–H and O–H groups in total. The van der Waals surface area contributed by atoms with E-state index in [1.165, 1.54) is 6.26 Å². The fourth-order valence-electron chi connectivity index (χ4n) is 2.10. The quantitative estimate of drug-likeness (QED) is 0.778. The smallest absolute Gasteiger partial charge is 0.175 e. The highest BCUT2D eigenvalue weighted by Crippen LogP contribution is 2.23. The molecule has 0 unspecified atom stereocenters. The van der Waals surface area contributed by atoms with Crippen molar-refractivity contribution in [2.24, 2.45) is 0 Å². The van der Waals surface area contributed by atoms with Crippen molar-refractivity contribution >= 4 is 21.3 Å². The van der Waals surface area contributed by atoms with E-state index < -0.39 is 9.84 Å². The molecule has 0 radical (unpaired) electrons. The number of sulfone groups is 1. The second kappa shape index (κ2) is 4.56. The van der Waals surface area contributed by atoms with Gasteiger partial charge in [-0.2, -0.15) is 0 Å². The minimum absolute atomic E-state index is 0.270. The van der Waals surface area contributed by atoms with Gasteiger partial charge in [-0.15, -0.1) is 5.10 Å². The van der Waals surface area contributed by atoms with Crippen molar-refractivity contribution in [2.75, 3.05) is 12.0 Å². The van der Waals surface area contributed by atoms with Gasteiger partial charge in [0.2, 0.25) is 0 Å². The molecule has 3 aromatic rings. The Morgan fingerprint density at radius 3 is 2.71 bits per heavy atom. The lowest BCUT2D eigenvalue weighted by molar-refractivity contribution is 0.602. The highest BCUT2D eigenvalue weighted by Gasteiger charge is 2.11. The Morgan fingerprint density at radius 1 is 1.24 bits per heavy atom. The summed E-state index contributed by atoms with van der Waals surface area (Å²) in [6.45, 7) is 1.85. The van der Waals surface area contributed by atoms with Crippen LogP contribution in [-0.4, -0.2) is 29.3 Å². The molecule has 2 heterocycles. The van der Waals surface area contributed by atoms with Crippen LogP contribution in [0.3, 0.4) is 0 Å². The summed E-state index contributed by atoms with van der Waals surface area (Å²) in [4.78, 5) is 4.78. The van der Waals surface area contributed by atoms with Crippen LogP contribution in [0.5, 0.6) is 0 Å². The maximum absolute atomic E-state index is 11.6. The van der Waals surface area contributed by atoms with Crippen molar-refractivity contribution in [3.63, 3.8) is 0 Å². The molecule has 21 heavy (non-hydrogen) atoms. The van der Waals surface area contributed by atoms with Crippen molar-refractivity contribution in [3.05, 3.63) is 42.1 Å². The van der Waals surface area contributed by atoms with Gasteiger partial charge >= 0.3 is 0 Å². The van der Waals surface area contributed by atoms with E-state index >= 15 is 0 Å². The van der Waals surface area contributed by atoms with Crippen LogP contribution in [0, 0.1) is 6.92 Å². The third-order valence-electron chi connectivity index (χ3n) is 3.31. The van der Waals surface area contributed by atoms with Crippen LogP contribution in [0.25, 0.3) is 16.9 Å². The van der Waals surface area contributed by atoms with Crippen LogP contribution in [0.1, 0.15) is 5.56 Å². The number of nitrogens with zero attached hydrogens (tertiary/aromatic N) is 3. The first-order valence-corrected chi connectivity index (χ1v) is 8.17. The summed E-state index contributed by atoms with van der Waals surface area (Å²) < 4.78 is 24.9. The zero-order valence-corrected chi connectivity index (χ0v) is 12.4. The number of benzene rings is 1. The van der Waals surface area contributed by atoms with Crippen LogP contribution in [0.2, 0.25) is 0 Å². The Hall–Kier alpha value is -2.41. The summed E-state index contributed by atoms with van der Waals surface area (Å²) in [5, 5.41) is 4.14. The van der Waals surface area contributed by atoms with Gasteiger partial charge in [0, 0.05) is 23.6 Å². The fourth-order valence-corrected chi connectivity index (χ4v) is 2.77. The molecule has 0 amide bonds. The first-order chi connectivity index (χ1) is 9.86. The SMILES string of the molecule is Cc1c(N)nn2ccc(-c3cccc(S(C)(=O)=O)c3)nc12. The molecule has 6 nitrogen and oxygen atoms in total. The highest BCUT2D eigenvalue weighted by molar-refractivity contribution is 7.90. The molecule has 3 rings (SSSR count). The average molecular weight is 302 g/mol. The second-order valence-corrected chi connectivity index (χ2v) is 6.91. The van der Waals surface area contributed by atoms with E-state index in [-0.39, 0.29) is 4.90 Å². The van der Waals surface area contributed by atoms with Crippen molar-refractivity contribution < 1.29 is 8.42 Å². The molecule has 0 fully saturated rings. The normalized spacial score (nSPS) is 11.9. The van der Waals surface area contributed by atoms with Gasteiger partial charge in [-0.3, -0.25) is 0 Å². The van der Waals surface area contributed by atoms with Gasteiger partial charge in [0.05, 0.1) is 10.6 Å². The van der Waals surface area contributed by atoms with Gasteiger partial charge in [0.15, 0.2) is 21.3 Å². The van der Waals surface area contributed by atoms with Crippen molar-refractivity contribution in [2.45, 2.75) is 11.8 Å². The van der Waals surface area contributed by atoms with Gasteiger partial charge in [-0.25, -0.2) is 17.9 Å². The molecule has 0 spiro atoms. The molecule has 0 aliphatic heterocycles. The number of rotatable bonds is 2. The maximum atomic E-state index is 11.6. The minimum atomic E-state index is -3.25. The van der Waals surface area contributed by atoms with E-state index in [2.05, 4.69) is 10.1 Å². The molecule has 0 saturated heterocycles. The van der Waals surface area contributed by atoms with Crippen molar-refractivity contribution in [1.29, 1.82) is 0 Å². The van der Waals surface area contributed by atoms with Crippen LogP contribution in [-0.2, 0) is 9.84 Å². The third-order valence-corrected chi connectivity index (χ3v) is 4.42. The third kappa shape index (κ3) is 2.36. The number of aromatic nitrogens is 3. The lowest BCUT2D eigenvalue weighted by Crippen LogP contribution is -1.98. The topological polar surface area (TPSA) is 90.3 Å². The molecule has 0 bridgehead atoms. The van der Waals surface area contributed by atoms with E-state index in [9.17, 15) is 8.42 Å². The Labute approximate surface area is 122 Å². The Kier molecular flexibility index (Phi) is 2.94. The summed E-state index contributed by atoms with van der Waals surface area (Å²) in [7, 11) is -3.25. The number of fused-ring (bicyclic) bond motifs is 1. The van der Waals surface area contributed by atoms with Gasteiger partial charge in [-0.1, -0.05) is 12.1 Å². The van der Waals surface area contributed by atoms with E-state index in [0.717, 1.165) is 11.1 Å². The predicted octanol–water partition coefficient (Wildman–Crippen LogP) is 1.69. The first-order valence-electron chi connectivity index (χ1n) is 6.28. The maximum Gasteiger partial charge on any atom is 0.175 e. The van der Waals surface area contributed by atoms with Gasteiger partial charge < -0.3 is 5.73 Å². The predicted molar refractivity (Wildman–Crippen MR) is 80.7 cm³/mol. The molecule has 0 aliphatic carbocycles. The molecule has 2 aromatic heterocycles. The van der Waals surface area contributed by atoms with E-state index in [1.807, 2.05) is 13.0 Å². The van der Waals surface area contributed by atoms with E-state index in [0.29, 0.717) is 17.2 Å². The van der Waals surface area contributed by atoms with Gasteiger partial charge in [-0.05, 0) is 25.1 Å². The van der Waals surface area contributed by atoms with Crippen LogP contribution >= 0.6 is 0 Å². The van der Waals surface area contributed by atoms with Crippen LogP contribution < -0.4 is 5.73 Å². The van der Waals surface area contributed by atoms with Crippen molar-refractivity contribution in [1.82, 2.24) is 14.6 Å². The molecule has 0 saturated carbocycles. The second-order valence-electron chi connectivity index (χ2n) is 4.89. The molecule has 7 heteroatoms. The summed E-state index contributed by atoms with van der Waals surface area (Å²) in [5.74, 6) is 0.435. The largest absolute Gasteiger partial charge is 0.382 e. The Bertz CT molecular complexity index is 945. The Balaban J connectivity index is 2.19. The average Bonchev–Trinajstić information content (AvgIpc) is 2.73. The summed E-state index contributed by atoms with van der Waals surface area (Å²) in [6, 6.07) is 8.49. The molecule has 108 valence electrons. The number of anilines is 1. The molecule has 1 aromatic carbocycles. The van der Waals surface area contributed by atoms with Crippen LogP contribution in [0.15, 0.2) is 41.4 Å². The molecular weight excluding hydrogens is 288 g/mol. The molecule has 0 atom stereocenters. The van der Waals surface area contributed by atoms with E-state index in [1.54, 1.807) is 35.0 Å². The zero-order valence-electron chi connectivity index (χ0n) is 11.6. The lowest BCUT2D eigenvalue weighted by Gasteiger charge is -2.04. The first kappa shape index (κ1) is 13.6. The summed E-state index contributed by atoms with van der Waals surface area (Å²) >= 11 is 0. The van der Waals surface area contributed by atoms with Crippen LogP contribution in [0.4, 0.5) is 5.82 Å². The van der Waals surface area contributed by atoms with Gasteiger partial charge in [0.25, 0.3) is 0 Å². The number of hydrogen-bond acceptors (Lipinski definition) is 5. The zero-order chi connectivity index (χ0) is 15.2. The fraction of sp³-hybridized carbons (Fsp3) is 0.143. The minimum Gasteiger partial charge on any atom is -0.382 e. The number of nitrogens with two attached hydrogens (primary N) is 1. The monoisotopic (exact) mass is 302 g/mol. The summed E-state index contributed by atoms with van der Waals surface area (Å²) in [6.07, 6.45) is 2.94. The number of hydrogen-bond donors (Lipinski definition) is 1. The number of nitrogen functional groups attached to an aromatic ring is 1. The molecular formula is C14H14N4O2S. The molecule has 0 aliphatic rings. The lowest BCUT2D eigenvalue weighted by atomic mass is 10.1. The van der Waals surface area contributed by atoms with Gasteiger partial charge in [0.1, 0.15) is 0 Å². The van der Waals surface area contributed by atoms with E-state index in [4.69, 9.17) is 5.73 Å². The van der Waals surface area contributed by atoms with Crippen molar-refractivity contribution in [3.8, 4) is 11.3 Å². The highest BCUT2D eigenvalue weighted by atomic mass is 32.2. The Morgan fingerprint density at radius 2 is 2.00 bits per heavy atom. The standard InChI is InChI=1S/C14H14N4O2S/c1-9-13(15)17-18-7-6-12(16-14(9)18)10-4-3-5-11(8-10)21(2,19)20/h3-8H,1-2H3,(H2,15,17). The number of aryl methyl sites for hydroxylation is 1. The summed E-state index contributed by atoms with van der Waals surface area (Å²) in [5.41, 5.74) is 8.65.